The molecule has 0 aliphatic rings. The number of nitrogens with zero attached hydrogens (tertiary/aromatic N) is 1. The summed E-state index contributed by atoms with van der Waals surface area (Å²) in [5.74, 6) is 0. The van der Waals surface area contributed by atoms with Crippen molar-refractivity contribution in [3.8, 4) is 11.1 Å². The molecule has 0 spiro atoms. The highest BCUT2D eigenvalue weighted by molar-refractivity contribution is 7.89. The third kappa shape index (κ3) is 2.44. The lowest BCUT2D eigenvalue weighted by Crippen LogP contribution is -2.22. The van der Waals surface area contributed by atoms with Crippen molar-refractivity contribution in [3.05, 3.63) is 54.6 Å². The van der Waals surface area contributed by atoms with Crippen molar-refractivity contribution in [2.45, 2.75) is 4.90 Å². The molecule has 3 nitrogen and oxygen atoms in total. The van der Waals surface area contributed by atoms with Crippen molar-refractivity contribution in [1.82, 2.24) is 4.31 Å². The Morgan fingerprint density at radius 2 is 1.61 bits per heavy atom. The lowest BCUT2D eigenvalue weighted by Gasteiger charge is -2.11. The van der Waals surface area contributed by atoms with Crippen LogP contribution < -0.4 is 0 Å². The van der Waals surface area contributed by atoms with Crippen LogP contribution in [0.15, 0.2) is 53.4 Å². The zero-order valence-electron chi connectivity index (χ0n) is 10.3. The van der Waals surface area contributed by atoms with Gasteiger partial charge >= 0.3 is 0 Å². The zero-order valence-corrected chi connectivity index (χ0v) is 11.1. The summed E-state index contributed by atoms with van der Waals surface area (Å²) in [5, 5.41) is 0. The first-order valence-corrected chi connectivity index (χ1v) is 6.95. The Balaban J connectivity index is 2.38. The average molecular weight is 260 g/mol. The standard InChI is InChI=1S/C14H14NO2S/c1-15(2)18(16,17)14-10-8-13(9-11-14)12-6-4-3-5-7-12/h3-10H,1-2H3. The highest BCUT2D eigenvalue weighted by Gasteiger charge is 2.16. The molecule has 0 aromatic heterocycles. The van der Waals surface area contributed by atoms with Crippen LogP contribution in [0.5, 0.6) is 0 Å². The lowest BCUT2D eigenvalue weighted by molar-refractivity contribution is 0.520. The molecular weight excluding hydrogens is 246 g/mol. The van der Waals surface area contributed by atoms with Gasteiger partial charge in [0.05, 0.1) is 4.90 Å². The molecule has 2 rings (SSSR count). The fraction of sp³-hybridized carbons (Fsp3) is 0.143. The van der Waals surface area contributed by atoms with Gasteiger partial charge in [0, 0.05) is 20.2 Å². The molecule has 0 bridgehead atoms. The lowest BCUT2D eigenvalue weighted by atomic mass is 10.1. The SMILES string of the molecule is CN(C)S(=O)(=O)c1[c]cc(-c2ccccc2)cc1. The Morgan fingerprint density at radius 3 is 2.11 bits per heavy atom. The highest BCUT2D eigenvalue weighted by atomic mass is 32.2. The Hall–Kier alpha value is -1.65. The number of benzene rings is 2. The summed E-state index contributed by atoms with van der Waals surface area (Å²) in [5.41, 5.74) is 2.00. The summed E-state index contributed by atoms with van der Waals surface area (Å²) >= 11 is 0. The molecule has 2 aromatic rings. The molecule has 1 radical (unpaired) electrons. The maximum Gasteiger partial charge on any atom is 0.243 e. The van der Waals surface area contributed by atoms with Crippen LogP contribution in [0.25, 0.3) is 11.1 Å². The van der Waals surface area contributed by atoms with Crippen molar-refractivity contribution in [2.75, 3.05) is 14.1 Å². The Morgan fingerprint density at radius 1 is 0.944 bits per heavy atom. The van der Waals surface area contributed by atoms with Gasteiger partial charge in [-0.05, 0) is 23.3 Å². The maximum atomic E-state index is 11.9. The van der Waals surface area contributed by atoms with E-state index in [1.807, 2.05) is 30.3 Å². The van der Waals surface area contributed by atoms with Gasteiger partial charge in [0.25, 0.3) is 0 Å². The van der Waals surface area contributed by atoms with Gasteiger partial charge in [-0.3, -0.25) is 0 Å². The Kier molecular flexibility index (Phi) is 3.50. The fourth-order valence-corrected chi connectivity index (χ4v) is 2.42. The molecule has 0 aliphatic carbocycles. The minimum atomic E-state index is -3.40. The van der Waals surface area contributed by atoms with Crippen molar-refractivity contribution in [1.29, 1.82) is 0 Å². The second kappa shape index (κ2) is 4.92. The smallest absolute Gasteiger partial charge is 0.207 e. The fourth-order valence-electron chi connectivity index (χ4n) is 1.58. The molecule has 0 N–H and O–H groups in total. The minimum Gasteiger partial charge on any atom is -0.207 e. The summed E-state index contributed by atoms with van der Waals surface area (Å²) in [4.78, 5) is 0.187. The number of rotatable bonds is 3. The number of hydrogen-bond donors (Lipinski definition) is 0. The van der Waals surface area contributed by atoms with Crippen LogP contribution in [0.3, 0.4) is 0 Å². The van der Waals surface area contributed by atoms with Crippen molar-refractivity contribution < 1.29 is 8.42 Å². The molecule has 0 amide bonds. The van der Waals surface area contributed by atoms with E-state index < -0.39 is 10.0 Å². The third-order valence-electron chi connectivity index (χ3n) is 2.65. The van der Waals surface area contributed by atoms with Gasteiger partial charge in [-0.15, -0.1) is 0 Å². The number of hydrogen-bond acceptors (Lipinski definition) is 2. The van der Waals surface area contributed by atoms with Gasteiger partial charge in [-0.1, -0.05) is 36.4 Å². The van der Waals surface area contributed by atoms with Crippen LogP contribution in [0.1, 0.15) is 0 Å². The van der Waals surface area contributed by atoms with E-state index >= 15 is 0 Å². The molecule has 0 fully saturated rings. The van der Waals surface area contributed by atoms with Crippen molar-refractivity contribution in [3.63, 3.8) is 0 Å². The molecule has 93 valence electrons. The molecular formula is C14H14NO2S. The van der Waals surface area contributed by atoms with E-state index in [0.717, 1.165) is 11.1 Å². The molecule has 0 heterocycles. The van der Waals surface area contributed by atoms with Crippen LogP contribution in [0.4, 0.5) is 0 Å². The molecule has 0 atom stereocenters. The van der Waals surface area contributed by atoms with E-state index in [-0.39, 0.29) is 4.90 Å². The van der Waals surface area contributed by atoms with E-state index in [0.29, 0.717) is 0 Å². The summed E-state index contributed by atoms with van der Waals surface area (Å²) < 4.78 is 24.9. The quantitative estimate of drug-likeness (QED) is 0.850. The highest BCUT2D eigenvalue weighted by Crippen LogP contribution is 2.21. The monoisotopic (exact) mass is 260 g/mol. The van der Waals surface area contributed by atoms with Crippen molar-refractivity contribution >= 4 is 10.0 Å². The van der Waals surface area contributed by atoms with E-state index in [1.165, 1.54) is 18.4 Å². The average Bonchev–Trinajstić information content (AvgIpc) is 2.40. The predicted octanol–water partition coefficient (Wildman–Crippen LogP) is 2.40. The first kappa shape index (κ1) is 12.8. The second-order valence-corrected chi connectivity index (χ2v) is 6.22. The maximum absolute atomic E-state index is 11.9. The molecule has 0 unspecified atom stereocenters. The summed E-state index contributed by atoms with van der Waals surface area (Å²) in [7, 11) is -0.382. The molecule has 2 aromatic carbocycles. The largest absolute Gasteiger partial charge is 0.243 e. The zero-order chi connectivity index (χ0) is 13.2. The summed E-state index contributed by atoms with van der Waals surface area (Å²) in [6, 6.07) is 17.7. The molecule has 18 heavy (non-hydrogen) atoms. The topological polar surface area (TPSA) is 37.4 Å². The van der Waals surface area contributed by atoms with E-state index in [2.05, 4.69) is 6.07 Å². The first-order valence-electron chi connectivity index (χ1n) is 5.51. The van der Waals surface area contributed by atoms with Gasteiger partial charge < -0.3 is 0 Å². The van der Waals surface area contributed by atoms with Gasteiger partial charge in [0.1, 0.15) is 0 Å². The van der Waals surface area contributed by atoms with Gasteiger partial charge in [-0.25, -0.2) is 12.7 Å². The van der Waals surface area contributed by atoms with Crippen LogP contribution in [-0.4, -0.2) is 26.8 Å². The van der Waals surface area contributed by atoms with Gasteiger partial charge in [0.2, 0.25) is 10.0 Å². The van der Waals surface area contributed by atoms with E-state index in [9.17, 15) is 8.42 Å². The molecule has 0 saturated heterocycles. The second-order valence-electron chi connectivity index (χ2n) is 4.10. The summed E-state index contributed by atoms with van der Waals surface area (Å²) in [6.07, 6.45) is 0. The number of sulfonamides is 1. The van der Waals surface area contributed by atoms with E-state index in [4.69, 9.17) is 0 Å². The molecule has 0 aliphatic heterocycles. The summed E-state index contributed by atoms with van der Waals surface area (Å²) in [6.45, 7) is 0. The van der Waals surface area contributed by atoms with Gasteiger partial charge in [-0.2, -0.15) is 0 Å². The van der Waals surface area contributed by atoms with Crippen LogP contribution in [0.2, 0.25) is 0 Å². The van der Waals surface area contributed by atoms with Crippen molar-refractivity contribution in [2.24, 2.45) is 0 Å². The van der Waals surface area contributed by atoms with Crippen LogP contribution in [-0.2, 0) is 10.0 Å². The Bertz CT molecular complexity index is 617. The molecule has 0 saturated carbocycles. The van der Waals surface area contributed by atoms with E-state index in [1.54, 1.807) is 18.2 Å². The normalized spacial score (nSPS) is 11.7. The first-order chi connectivity index (χ1) is 8.51. The van der Waals surface area contributed by atoms with Crippen LogP contribution in [0, 0.1) is 6.07 Å². The van der Waals surface area contributed by atoms with Gasteiger partial charge in [0.15, 0.2) is 0 Å². The Labute approximate surface area is 108 Å². The van der Waals surface area contributed by atoms with Crippen LogP contribution >= 0.6 is 0 Å². The third-order valence-corrected chi connectivity index (χ3v) is 4.42. The minimum absolute atomic E-state index is 0.187. The predicted molar refractivity (Wildman–Crippen MR) is 71.6 cm³/mol. The molecule has 4 heteroatoms.